The number of fused-ring (bicyclic) bond motifs is 1. The van der Waals surface area contributed by atoms with Crippen molar-refractivity contribution >= 4 is 30.8 Å². The molecule has 0 aromatic carbocycles. The molecule has 2 aromatic heterocycles. The van der Waals surface area contributed by atoms with Gasteiger partial charge >= 0.3 is 13.7 Å². The lowest BCUT2D eigenvalue weighted by Gasteiger charge is -2.28. The van der Waals surface area contributed by atoms with Gasteiger partial charge in [0.2, 0.25) is 11.8 Å². The Morgan fingerprint density at radius 3 is 2.73 bits per heavy atom. The molecule has 16 nitrogen and oxygen atoms in total. The molecule has 4 rings (SSSR count). The van der Waals surface area contributed by atoms with E-state index in [0.29, 0.717) is 37.5 Å². The number of hydrogen-bond acceptors (Lipinski definition) is 14. The minimum atomic E-state index is -4.03. The van der Waals surface area contributed by atoms with Crippen molar-refractivity contribution < 1.29 is 42.5 Å². The summed E-state index contributed by atoms with van der Waals surface area (Å²) in [4.78, 5) is 27.1. The lowest BCUT2D eigenvalue weighted by Crippen LogP contribution is -2.39. The fourth-order valence-corrected chi connectivity index (χ4v) is 6.10. The third kappa shape index (κ3) is 7.70. The van der Waals surface area contributed by atoms with Crippen molar-refractivity contribution in [1.29, 1.82) is 0 Å². The second kappa shape index (κ2) is 14.2. The smallest absolute Gasteiger partial charge is 0.406 e. The third-order valence-corrected chi connectivity index (χ3v) is 8.53. The van der Waals surface area contributed by atoms with Gasteiger partial charge < -0.3 is 29.8 Å². The Bertz CT molecular complexity index is 1210. The molecule has 2 fully saturated rings. The Kier molecular flexibility index (Phi) is 10.9. The van der Waals surface area contributed by atoms with E-state index in [9.17, 15) is 14.5 Å². The minimum absolute atomic E-state index is 0.00532. The number of rotatable bonds is 14. The Labute approximate surface area is 238 Å². The molecule has 0 radical (unpaired) electrons. The molecule has 2 aliphatic heterocycles. The van der Waals surface area contributed by atoms with E-state index < -0.39 is 44.1 Å². The zero-order valence-corrected chi connectivity index (χ0v) is 24.7. The molecule has 6 unspecified atom stereocenters. The van der Waals surface area contributed by atoms with Crippen LogP contribution in [0.2, 0.25) is 0 Å². The first-order chi connectivity index (χ1) is 19.7. The van der Waals surface area contributed by atoms with E-state index in [1.54, 1.807) is 18.4 Å². The fraction of sp³-hybridized carbons (Fsp3) is 0.750. The number of esters is 1. The van der Waals surface area contributed by atoms with Gasteiger partial charge in [0.15, 0.2) is 11.2 Å². The van der Waals surface area contributed by atoms with Crippen LogP contribution in [0.25, 0.3) is 11.2 Å². The number of hydrogen-bond donors (Lipinski definition) is 3. The van der Waals surface area contributed by atoms with Crippen LogP contribution in [0.1, 0.15) is 33.9 Å². The summed E-state index contributed by atoms with van der Waals surface area (Å²) in [5.41, 5.74) is 6.67. The van der Waals surface area contributed by atoms with E-state index in [0.717, 1.165) is 13.1 Å². The molecule has 6 atom stereocenters. The second-order valence-electron chi connectivity index (χ2n) is 9.74. The van der Waals surface area contributed by atoms with E-state index in [1.165, 1.54) is 13.3 Å². The first-order valence-corrected chi connectivity index (χ1v) is 15.3. The molecule has 0 amide bonds. The first-order valence-electron chi connectivity index (χ1n) is 13.8. The van der Waals surface area contributed by atoms with Gasteiger partial charge in [-0.05, 0) is 20.8 Å². The summed E-state index contributed by atoms with van der Waals surface area (Å²) in [6, 6.07) is -0.966. The number of morpholine rings is 1. The predicted molar refractivity (Wildman–Crippen MR) is 146 cm³/mol. The zero-order valence-electron chi connectivity index (χ0n) is 23.8. The molecule has 0 spiro atoms. The maximum atomic E-state index is 13.7. The van der Waals surface area contributed by atoms with Crippen molar-refractivity contribution in [3.63, 3.8) is 0 Å². The average molecular weight is 602 g/mol. The van der Waals surface area contributed by atoms with E-state index in [2.05, 4.69) is 24.9 Å². The lowest BCUT2D eigenvalue weighted by atomic mass is 10.0. The van der Waals surface area contributed by atoms with Gasteiger partial charge in [0.1, 0.15) is 18.4 Å². The number of nitrogens with one attached hydrogen (secondary N) is 1. The van der Waals surface area contributed by atoms with Crippen LogP contribution in [0, 0.1) is 5.92 Å². The largest absolute Gasteiger partial charge is 0.476 e. The van der Waals surface area contributed by atoms with Crippen molar-refractivity contribution in [2.45, 2.75) is 52.2 Å². The number of aliphatic hydroxyl groups is 1. The van der Waals surface area contributed by atoms with Crippen LogP contribution in [0.4, 0.5) is 5.95 Å². The van der Waals surface area contributed by atoms with Crippen LogP contribution in [-0.2, 0) is 32.6 Å². The SMILES string of the molecule is CCOC(=O)C(C)NP(=O)(OCCN1CCOCC1)OCC1OC(n2cnc3c(OCC)nc(N)nc32)C(C)C1O. The summed E-state index contributed by atoms with van der Waals surface area (Å²) in [7, 11) is -4.03. The molecule has 2 aromatic rings. The van der Waals surface area contributed by atoms with E-state index >= 15 is 0 Å². The van der Waals surface area contributed by atoms with Crippen LogP contribution < -0.4 is 15.6 Å². The van der Waals surface area contributed by atoms with E-state index in [4.69, 9.17) is 33.7 Å². The molecule has 2 aliphatic rings. The Hall–Kier alpha value is -2.43. The van der Waals surface area contributed by atoms with Crippen LogP contribution in [0.15, 0.2) is 6.33 Å². The van der Waals surface area contributed by atoms with Gasteiger partial charge in [-0.3, -0.25) is 23.3 Å². The van der Waals surface area contributed by atoms with Gasteiger partial charge in [-0.2, -0.15) is 9.97 Å². The van der Waals surface area contributed by atoms with Crippen LogP contribution in [-0.4, -0.2) is 113 Å². The van der Waals surface area contributed by atoms with Gasteiger partial charge in [0.25, 0.3) is 0 Å². The number of aliphatic hydroxyl groups excluding tert-OH is 1. The minimum Gasteiger partial charge on any atom is -0.476 e. The highest BCUT2D eigenvalue weighted by atomic mass is 31.2. The Morgan fingerprint density at radius 1 is 1.27 bits per heavy atom. The van der Waals surface area contributed by atoms with Gasteiger partial charge in [-0.25, -0.2) is 14.6 Å². The highest BCUT2D eigenvalue weighted by Gasteiger charge is 2.44. The highest BCUT2D eigenvalue weighted by Crippen LogP contribution is 2.46. The number of aromatic nitrogens is 4. The number of carbonyl (C=O) groups excluding carboxylic acids is 1. The number of nitrogens with zero attached hydrogens (tertiary/aromatic N) is 5. The van der Waals surface area contributed by atoms with E-state index in [1.807, 2.05) is 6.92 Å². The average Bonchev–Trinajstić information content (AvgIpc) is 3.48. The van der Waals surface area contributed by atoms with Crippen molar-refractivity contribution in [2.75, 3.05) is 65.0 Å². The topological polar surface area (TPSA) is 195 Å². The Morgan fingerprint density at radius 2 is 2.02 bits per heavy atom. The van der Waals surface area contributed by atoms with Crippen molar-refractivity contribution in [3.8, 4) is 5.88 Å². The molecule has 17 heteroatoms. The molecular formula is C24H40N7O9P. The van der Waals surface area contributed by atoms with Crippen molar-refractivity contribution in [3.05, 3.63) is 6.33 Å². The number of nitrogens with two attached hydrogens (primary N) is 1. The Balaban J connectivity index is 1.45. The van der Waals surface area contributed by atoms with Crippen molar-refractivity contribution in [2.24, 2.45) is 5.92 Å². The highest BCUT2D eigenvalue weighted by molar-refractivity contribution is 7.51. The summed E-state index contributed by atoms with van der Waals surface area (Å²) in [6.45, 7) is 10.3. The van der Waals surface area contributed by atoms with Gasteiger partial charge in [0.05, 0.1) is 52.1 Å². The van der Waals surface area contributed by atoms with Crippen molar-refractivity contribution in [1.82, 2.24) is 29.5 Å². The maximum Gasteiger partial charge on any atom is 0.406 e. The number of nitrogen functional groups attached to an aromatic ring is 1. The summed E-state index contributed by atoms with van der Waals surface area (Å²) < 4.78 is 48.9. The number of carbonyl (C=O) groups is 1. The van der Waals surface area contributed by atoms with Gasteiger partial charge in [-0.1, -0.05) is 6.92 Å². The van der Waals surface area contributed by atoms with Crippen LogP contribution in [0.5, 0.6) is 5.88 Å². The molecule has 230 valence electrons. The molecule has 0 saturated carbocycles. The molecule has 0 aliphatic carbocycles. The summed E-state index contributed by atoms with van der Waals surface area (Å²) in [5, 5.41) is 13.7. The monoisotopic (exact) mass is 601 g/mol. The third-order valence-electron chi connectivity index (χ3n) is 6.82. The molecule has 41 heavy (non-hydrogen) atoms. The molecular weight excluding hydrogens is 561 g/mol. The predicted octanol–water partition coefficient (Wildman–Crippen LogP) is 0.716. The van der Waals surface area contributed by atoms with Crippen LogP contribution in [0.3, 0.4) is 0 Å². The first kappa shape index (κ1) is 31.5. The van der Waals surface area contributed by atoms with E-state index in [-0.39, 0.29) is 31.6 Å². The fourth-order valence-electron chi connectivity index (χ4n) is 4.63. The standard InChI is InChI=1S/C24H40N7O9P/c1-5-36-21-18-20(27-24(25)28-21)31(14-26-18)22-15(3)19(32)17(40-22)13-39-41(34,29-16(4)23(33)37-6-2)38-12-9-30-7-10-35-11-8-30/h14-17,19,22,32H,5-13H2,1-4H3,(H,29,34)(H2,25,27,28). The molecule has 4 heterocycles. The summed E-state index contributed by atoms with van der Waals surface area (Å²) in [6.07, 6.45) is -1.05. The van der Waals surface area contributed by atoms with Crippen LogP contribution >= 0.6 is 7.75 Å². The molecule has 2 saturated heterocycles. The molecule has 4 N–H and O–H groups in total. The summed E-state index contributed by atoms with van der Waals surface area (Å²) >= 11 is 0. The zero-order chi connectivity index (χ0) is 29.6. The summed E-state index contributed by atoms with van der Waals surface area (Å²) in [5.74, 6) is -0.776. The quantitative estimate of drug-likeness (QED) is 0.202. The number of ether oxygens (including phenoxy) is 4. The molecule has 0 bridgehead atoms. The maximum absolute atomic E-state index is 13.7. The number of imidazole rings is 1. The lowest BCUT2D eigenvalue weighted by molar-refractivity contribution is -0.144. The number of anilines is 1. The normalized spacial score (nSPS) is 25.7. The van der Waals surface area contributed by atoms with Gasteiger partial charge in [0, 0.05) is 25.6 Å². The second-order valence-corrected chi connectivity index (χ2v) is 11.5. The van der Waals surface area contributed by atoms with Gasteiger partial charge in [-0.15, -0.1) is 0 Å².